The van der Waals surface area contributed by atoms with Crippen molar-refractivity contribution in [3.63, 3.8) is 0 Å². The molecule has 102 valence electrons. The number of methoxy groups -OCH3 is 2. The minimum absolute atomic E-state index is 0.227. The van der Waals surface area contributed by atoms with Crippen molar-refractivity contribution in [1.82, 2.24) is 5.32 Å². The largest absolute Gasteiger partial charge is 0.497 e. The Morgan fingerprint density at radius 2 is 2.06 bits per heavy atom. The third-order valence-corrected chi connectivity index (χ3v) is 2.65. The van der Waals surface area contributed by atoms with Crippen LogP contribution >= 0.6 is 0 Å². The molecule has 1 unspecified atom stereocenters. The van der Waals surface area contributed by atoms with Gasteiger partial charge < -0.3 is 25.0 Å². The zero-order chi connectivity index (χ0) is 13.4. The minimum Gasteiger partial charge on any atom is -0.497 e. The third-order valence-electron chi connectivity index (χ3n) is 2.65. The number of rotatable bonds is 8. The molecule has 0 saturated heterocycles. The van der Waals surface area contributed by atoms with Crippen molar-refractivity contribution in [2.75, 3.05) is 33.9 Å². The lowest BCUT2D eigenvalue weighted by Gasteiger charge is -2.12. The van der Waals surface area contributed by atoms with E-state index >= 15 is 0 Å². The van der Waals surface area contributed by atoms with Gasteiger partial charge in [-0.2, -0.15) is 0 Å². The Morgan fingerprint density at radius 3 is 2.67 bits per heavy atom. The zero-order valence-corrected chi connectivity index (χ0v) is 10.8. The van der Waals surface area contributed by atoms with E-state index in [2.05, 4.69) is 5.32 Å². The molecular formula is C13H21NO4. The first-order chi connectivity index (χ1) is 8.71. The first kappa shape index (κ1) is 14.8. The molecule has 1 aromatic rings. The molecule has 0 heterocycles. The summed E-state index contributed by atoms with van der Waals surface area (Å²) < 4.78 is 10.4. The molecule has 0 radical (unpaired) electrons. The van der Waals surface area contributed by atoms with Crippen LogP contribution in [0.2, 0.25) is 0 Å². The van der Waals surface area contributed by atoms with E-state index in [1.54, 1.807) is 14.2 Å². The Kier molecular flexibility index (Phi) is 6.49. The van der Waals surface area contributed by atoms with Crippen molar-refractivity contribution in [3.05, 3.63) is 23.8 Å². The molecule has 3 N–H and O–H groups in total. The Labute approximate surface area is 107 Å². The summed E-state index contributed by atoms with van der Waals surface area (Å²) in [5, 5.41) is 20.9. The van der Waals surface area contributed by atoms with Crippen LogP contribution in [0.5, 0.6) is 11.5 Å². The van der Waals surface area contributed by atoms with Crippen LogP contribution in [0.15, 0.2) is 18.2 Å². The highest BCUT2D eigenvalue weighted by molar-refractivity contribution is 5.40. The van der Waals surface area contributed by atoms with Crippen LogP contribution in [-0.4, -0.2) is 50.2 Å². The second kappa shape index (κ2) is 7.92. The molecule has 0 aromatic heterocycles. The summed E-state index contributed by atoms with van der Waals surface area (Å²) in [7, 11) is 3.26. The van der Waals surface area contributed by atoms with Crippen molar-refractivity contribution in [1.29, 1.82) is 0 Å². The first-order valence-electron chi connectivity index (χ1n) is 5.91. The molecular weight excluding hydrogens is 234 g/mol. The monoisotopic (exact) mass is 255 g/mol. The minimum atomic E-state index is -0.711. The topological polar surface area (TPSA) is 71.0 Å². The van der Waals surface area contributed by atoms with Crippen molar-refractivity contribution in [3.8, 4) is 11.5 Å². The van der Waals surface area contributed by atoms with Gasteiger partial charge in [0.15, 0.2) is 0 Å². The predicted octanol–water partition coefficient (Wildman–Crippen LogP) is 0.189. The molecule has 0 spiro atoms. The fourth-order valence-corrected chi connectivity index (χ4v) is 1.63. The number of aliphatic hydroxyl groups excluding tert-OH is 2. The molecule has 0 aliphatic heterocycles. The first-order valence-corrected chi connectivity index (χ1v) is 5.91. The molecule has 0 aliphatic carbocycles. The molecule has 1 aromatic carbocycles. The molecule has 0 fully saturated rings. The quantitative estimate of drug-likeness (QED) is 0.578. The summed E-state index contributed by atoms with van der Waals surface area (Å²) >= 11 is 0. The SMILES string of the molecule is COc1ccc(OC)c(CCNCC(O)CO)c1. The van der Waals surface area contributed by atoms with Crippen LogP contribution in [0.1, 0.15) is 5.56 Å². The number of nitrogens with one attached hydrogen (secondary N) is 1. The second-order valence-electron chi connectivity index (χ2n) is 3.97. The van der Waals surface area contributed by atoms with Gasteiger partial charge in [0, 0.05) is 6.54 Å². The maximum absolute atomic E-state index is 9.18. The van der Waals surface area contributed by atoms with Gasteiger partial charge in [-0.15, -0.1) is 0 Å². The Morgan fingerprint density at radius 1 is 1.28 bits per heavy atom. The average Bonchev–Trinajstić information content (AvgIpc) is 2.42. The lowest BCUT2D eigenvalue weighted by atomic mass is 10.1. The molecule has 0 amide bonds. The molecule has 0 saturated carbocycles. The van der Waals surface area contributed by atoms with E-state index < -0.39 is 6.10 Å². The van der Waals surface area contributed by atoms with Gasteiger partial charge in [-0.3, -0.25) is 0 Å². The standard InChI is InChI=1S/C13H21NO4/c1-17-12-3-4-13(18-2)10(7-12)5-6-14-8-11(16)9-15/h3-4,7,11,14-16H,5-6,8-9H2,1-2H3. The average molecular weight is 255 g/mol. The van der Waals surface area contributed by atoms with E-state index in [-0.39, 0.29) is 6.61 Å². The van der Waals surface area contributed by atoms with Gasteiger partial charge in [0.1, 0.15) is 11.5 Å². The predicted molar refractivity (Wildman–Crippen MR) is 69.2 cm³/mol. The van der Waals surface area contributed by atoms with Crippen molar-refractivity contribution < 1.29 is 19.7 Å². The van der Waals surface area contributed by atoms with Crippen LogP contribution in [-0.2, 0) is 6.42 Å². The van der Waals surface area contributed by atoms with Crippen molar-refractivity contribution in [2.24, 2.45) is 0 Å². The summed E-state index contributed by atoms with van der Waals surface area (Å²) in [6, 6.07) is 5.66. The van der Waals surface area contributed by atoms with E-state index in [0.29, 0.717) is 13.1 Å². The summed E-state index contributed by atoms with van der Waals surface area (Å²) in [5.74, 6) is 1.61. The smallest absolute Gasteiger partial charge is 0.122 e. The lowest BCUT2D eigenvalue weighted by molar-refractivity contribution is 0.0947. The zero-order valence-electron chi connectivity index (χ0n) is 10.8. The second-order valence-corrected chi connectivity index (χ2v) is 3.97. The maximum Gasteiger partial charge on any atom is 0.122 e. The number of benzene rings is 1. The fraction of sp³-hybridized carbons (Fsp3) is 0.538. The number of hydrogen-bond donors (Lipinski definition) is 3. The third kappa shape index (κ3) is 4.52. The van der Waals surface area contributed by atoms with E-state index in [1.165, 1.54) is 0 Å². The molecule has 1 rings (SSSR count). The highest BCUT2D eigenvalue weighted by Crippen LogP contribution is 2.23. The summed E-state index contributed by atoms with van der Waals surface area (Å²) in [4.78, 5) is 0. The van der Waals surface area contributed by atoms with Crippen LogP contribution in [0, 0.1) is 0 Å². The van der Waals surface area contributed by atoms with Gasteiger partial charge in [-0.25, -0.2) is 0 Å². The molecule has 0 aliphatic rings. The fourth-order valence-electron chi connectivity index (χ4n) is 1.63. The Balaban J connectivity index is 2.49. The summed E-state index contributed by atoms with van der Waals surface area (Å²) in [6.45, 7) is 0.846. The van der Waals surface area contributed by atoms with Crippen LogP contribution in [0.25, 0.3) is 0 Å². The number of aliphatic hydroxyl groups is 2. The van der Waals surface area contributed by atoms with Gasteiger partial charge in [-0.1, -0.05) is 0 Å². The summed E-state index contributed by atoms with van der Waals surface area (Å²) in [6.07, 6.45) is 0.0515. The summed E-state index contributed by atoms with van der Waals surface area (Å²) in [5.41, 5.74) is 1.04. The van der Waals surface area contributed by atoms with Crippen LogP contribution in [0.3, 0.4) is 0 Å². The normalized spacial score (nSPS) is 12.2. The Bertz CT molecular complexity index is 357. The highest BCUT2D eigenvalue weighted by atomic mass is 16.5. The van der Waals surface area contributed by atoms with Crippen LogP contribution in [0.4, 0.5) is 0 Å². The van der Waals surface area contributed by atoms with Gasteiger partial charge in [0.25, 0.3) is 0 Å². The van der Waals surface area contributed by atoms with Crippen molar-refractivity contribution in [2.45, 2.75) is 12.5 Å². The number of hydrogen-bond acceptors (Lipinski definition) is 5. The Hall–Kier alpha value is -1.30. The van der Waals surface area contributed by atoms with Crippen molar-refractivity contribution >= 4 is 0 Å². The molecule has 0 bridgehead atoms. The molecule has 18 heavy (non-hydrogen) atoms. The van der Waals surface area contributed by atoms with Gasteiger partial charge >= 0.3 is 0 Å². The van der Waals surface area contributed by atoms with Gasteiger partial charge in [0.2, 0.25) is 0 Å². The molecule has 1 atom stereocenters. The highest BCUT2D eigenvalue weighted by Gasteiger charge is 2.05. The van der Waals surface area contributed by atoms with Gasteiger partial charge in [-0.05, 0) is 36.7 Å². The maximum atomic E-state index is 9.18. The van der Waals surface area contributed by atoms with E-state index in [4.69, 9.17) is 14.6 Å². The van der Waals surface area contributed by atoms with Gasteiger partial charge in [0.05, 0.1) is 26.9 Å². The number of ether oxygens (including phenoxy) is 2. The lowest BCUT2D eigenvalue weighted by Crippen LogP contribution is -2.30. The van der Waals surface area contributed by atoms with Crippen LogP contribution < -0.4 is 14.8 Å². The van der Waals surface area contributed by atoms with E-state index in [1.807, 2.05) is 18.2 Å². The van der Waals surface area contributed by atoms with E-state index in [0.717, 1.165) is 23.5 Å². The molecule has 5 heteroatoms. The van der Waals surface area contributed by atoms with E-state index in [9.17, 15) is 5.11 Å². The molecule has 5 nitrogen and oxygen atoms in total.